The van der Waals surface area contributed by atoms with Gasteiger partial charge in [0.1, 0.15) is 6.10 Å². The largest absolute Gasteiger partial charge is 0.481 e. The molecule has 0 spiro atoms. The van der Waals surface area contributed by atoms with Crippen molar-refractivity contribution in [2.24, 2.45) is 0 Å². The monoisotopic (exact) mass is 503 g/mol. The van der Waals surface area contributed by atoms with Crippen molar-refractivity contribution in [1.82, 2.24) is 9.97 Å². The Labute approximate surface area is 176 Å². The molecule has 0 aliphatic rings. The summed E-state index contributed by atoms with van der Waals surface area (Å²) < 4.78 is 16.5. The fourth-order valence-corrected chi connectivity index (χ4v) is 3.25. The summed E-state index contributed by atoms with van der Waals surface area (Å²) in [5.74, 6) is 0.300. The molecule has 1 heterocycles. The number of aliphatic hydroxyl groups excluding tert-OH is 1. The first-order valence-corrected chi connectivity index (χ1v) is 9.68. The standard InChI is InChI=1S/C18H22IN3O6/c1-4-5-6-28-10-11-7-12(19)8-13(16(11)22(24)25)17(23)18-20-14(26-2)9-15(21-18)27-3/h7-9,17,23H,4-6,10H2,1-3H3. The lowest BCUT2D eigenvalue weighted by molar-refractivity contribution is -0.387. The number of benzene rings is 1. The zero-order valence-electron chi connectivity index (χ0n) is 15.8. The van der Waals surface area contributed by atoms with E-state index in [1.807, 2.05) is 29.5 Å². The van der Waals surface area contributed by atoms with Gasteiger partial charge in [-0.1, -0.05) is 13.3 Å². The van der Waals surface area contributed by atoms with Gasteiger partial charge in [-0.3, -0.25) is 10.1 Å². The number of nitro groups is 1. The van der Waals surface area contributed by atoms with E-state index in [4.69, 9.17) is 14.2 Å². The molecule has 152 valence electrons. The average molecular weight is 503 g/mol. The minimum Gasteiger partial charge on any atom is -0.481 e. The molecule has 0 fully saturated rings. The molecule has 10 heteroatoms. The third kappa shape index (κ3) is 5.49. The number of hydrogen-bond donors (Lipinski definition) is 1. The molecule has 9 nitrogen and oxygen atoms in total. The highest BCUT2D eigenvalue weighted by Gasteiger charge is 2.29. The van der Waals surface area contributed by atoms with Crippen molar-refractivity contribution >= 4 is 28.3 Å². The molecule has 1 aromatic heterocycles. The molecule has 0 amide bonds. The highest BCUT2D eigenvalue weighted by molar-refractivity contribution is 14.1. The van der Waals surface area contributed by atoms with Crippen molar-refractivity contribution in [3.05, 3.63) is 48.8 Å². The van der Waals surface area contributed by atoms with Gasteiger partial charge in [0, 0.05) is 10.2 Å². The Hall–Kier alpha value is -2.05. The number of methoxy groups -OCH3 is 2. The summed E-state index contributed by atoms with van der Waals surface area (Å²) in [6.07, 6.45) is 0.395. The lowest BCUT2D eigenvalue weighted by Gasteiger charge is -2.15. The minimum atomic E-state index is -1.44. The van der Waals surface area contributed by atoms with Crippen LogP contribution in [0.4, 0.5) is 5.69 Å². The van der Waals surface area contributed by atoms with Gasteiger partial charge in [-0.05, 0) is 41.1 Å². The van der Waals surface area contributed by atoms with Crippen LogP contribution >= 0.6 is 22.6 Å². The van der Waals surface area contributed by atoms with Crippen molar-refractivity contribution in [1.29, 1.82) is 0 Å². The number of nitrogens with zero attached hydrogens (tertiary/aromatic N) is 3. The molecule has 1 atom stereocenters. The van der Waals surface area contributed by atoms with Crippen molar-refractivity contribution < 1.29 is 24.2 Å². The Kier molecular flexibility index (Phi) is 8.33. The molecule has 28 heavy (non-hydrogen) atoms. The van der Waals surface area contributed by atoms with Gasteiger partial charge < -0.3 is 19.3 Å². The van der Waals surface area contributed by atoms with Gasteiger partial charge in [0.25, 0.3) is 5.69 Å². The molecule has 2 rings (SSSR count). The van der Waals surface area contributed by atoms with Gasteiger partial charge >= 0.3 is 0 Å². The van der Waals surface area contributed by atoms with E-state index >= 15 is 0 Å². The van der Waals surface area contributed by atoms with Gasteiger partial charge in [-0.25, -0.2) is 0 Å². The maximum absolute atomic E-state index is 11.8. The van der Waals surface area contributed by atoms with Gasteiger partial charge in [0.05, 0.1) is 42.9 Å². The summed E-state index contributed by atoms with van der Waals surface area (Å²) in [4.78, 5) is 19.5. The number of aromatic nitrogens is 2. The number of unbranched alkanes of at least 4 members (excludes halogenated alkanes) is 1. The predicted molar refractivity (Wildman–Crippen MR) is 110 cm³/mol. The van der Waals surface area contributed by atoms with Crippen LogP contribution in [0.3, 0.4) is 0 Å². The Bertz CT molecular complexity index is 811. The summed E-state index contributed by atoms with van der Waals surface area (Å²) in [5.41, 5.74) is 0.257. The molecule has 0 saturated heterocycles. The van der Waals surface area contributed by atoms with Crippen LogP contribution in [0.2, 0.25) is 0 Å². The van der Waals surface area contributed by atoms with Crippen LogP contribution < -0.4 is 9.47 Å². The summed E-state index contributed by atoms with van der Waals surface area (Å²) in [6.45, 7) is 2.62. The molecule has 1 N–H and O–H groups in total. The second kappa shape index (κ2) is 10.5. The number of aliphatic hydroxyl groups is 1. The Morgan fingerprint density at radius 3 is 2.39 bits per heavy atom. The SMILES string of the molecule is CCCCOCc1cc(I)cc(C(O)c2nc(OC)cc(OC)n2)c1[N+](=O)[O-]. The predicted octanol–water partition coefficient (Wildman–Crippen LogP) is 3.41. The molecule has 1 unspecified atom stereocenters. The quantitative estimate of drug-likeness (QED) is 0.227. The molecule has 0 aliphatic carbocycles. The first kappa shape index (κ1) is 22.2. The maximum atomic E-state index is 11.8. The van der Waals surface area contributed by atoms with E-state index in [1.165, 1.54) is 26.4 Å². The van der Waals surface area contributed by atoms with Crippen LogP contribution in [0, 0.1) is 13.7 Å². The lowest BCUT2D eigenvalue weighted by atomic mass is 10.0. The number of ether oxygens (including phenoxy) is 3. The fraction of sp³-hybridized carbons (Fsp3) is 0.444. The maximum Gasteiger partial charge on any atom is 0.281 e. The van der Waals surface area contributed by atoms with Gasteiger partial charge in [0.15, 0.2) is 5.82 Å². The van der Waals surface area contributed by atoms with Crippen LogP contribution in [0.5, 0.6) is 11.8 Å². The van der Waals surface area contributed by atoms with Gasteiger partial charge in [-0.15, -0.1) is 0 Å². The minimum absolute atomic E-state index is 0.0563. The van der Waals surface area contributed by atoms with E-state index in [0.717, 1.165) is 16.4 Å². The Balaban J connectivity index is 2.48. The highest BCUT2D eigenvalue weighted by Crippen LogP contribution is 2.35. The van der Waals surface area contributed by atoms with Crippen molar-refractivity contribution in [2.45, 2.75) is 32.5 Å². The number of hydrogen-bond acceptors (Lipinski definition) is 8. The van der Waals surface area contributed by atoms with E-state index in [-0.39, 0.29) is 35.4 Å². The first-order chi connectivity index (χ1) is 13.4. The molecule has 0 aliphatic heterocycles. The second-order valence-electron chi connectivity index (χ2n) is 5.88. The van der Waals surface area contributed by atoms with Gasteiger partial charge in [0.2, 0.25) is 11.8 Å². The Morgan fingerprint density at radius 1 is 1.21 bits per heavy atom. The summed E-state index contributed by atoms with van der Waals surface area (Å²) in [6, 6.07) is 4.66. The van der Waals surface area contributed by atoms with Crippen LogP contribution in [0.1, 0.15) is 42.8 Å². The van der Waals surface area contributed by atoms with Crippen molar-refractivity contribution in [2.75, 3.05) is 20.8 Å². The lowest BCUT2D eigenvalue weighted by Crippen LogP contribution is -2.12. The molecule has 0 radical (unpaired) electrons. The van der Waals surface area contributed by atoms with Crippen LogP contribution in [0.15, 0.2) is 18.2 Å². The van der Waals surface area contributed by atoms with Crippen molar-refractivity contribution in [3.8, 4) is 11.8 Å². The molecule has 2 aromatic rings. The van der Waals surface area contributed by atoms with Crippen LogP contribution in [0.25, 0.3) is 0 Å². The van der Waals surface area contributed by atoms with E-state index in [1.54, 1.807) is 6.07 Å². The molecule has 0 saturated carbocycles. The fourth-order valence-electron chi connectivity index (χ4n) is 2.54. The van der Waals surface area contributed by atoms with Crippen LogP contribution in [-0.2, 0) is 11.3 Å². The Morgan fingerprint density at radius 2 is 1.86 bits per heavy atom. The zero-order valence-corrected chi connectivity index (χ0v) is 18.0. The molecule has 1 aromatic carbocycles. The van der Waals surface area contributed by atoms with E-state index in [0.29, 0.717) is 12.2 Å². The summed E-state index contributed by atoms with van der Waals surface area (Å²) in [5, 5.41) is 22.6. The molecule has 0 bridgehead atoms. The summed E-state index contributed by atoms with van der Waals surface area (Å²) >= 11 is 2.04. The topological polar surface area (TPSA) is 117 Å². The third-order valence-electron chi connectivity index (χ3n) is 3.92. The third-order valence-corrected chi connectivity index (χ3v) is 4.54. The number of halogens is 1. The number of nitro benzene ring substituents is 1. The molecular formula is C18H22IN3O6. The number of rotatable bonds is 10. The van der Waals surface area contributed by atoms with Gasteiger partial charge in [-0.2, -0.15) is 9.97 Å². The zero-order chi connectivity index (χ0) is 20.7. The van der Waals surface area contributed by atoms with Crippen molar-refractivity contribution in [3.63, 3.8) is 0 Å². The van der Waals surface area contributed by atoms with E-state index in [2.05, 4.69) is 9.97 Å². The average Bonchev–Trinajstić information content (AvgIpc) is 2.69. The normalized spacial score (nSPS) is 11.9. The smallest absolute Gasteiger partial charge is 0.281 e. The molecular weight excluding hydrogens is 481 g/mol. The highest BCUT2D eigenvalue weighted by atomic mass is 127. The first-order valence-electron chi connectivity index (χ1n) is 8.60. The van der Waals surface area contributed by atoms with E-state index < -0.39 is 11.0 Å². The van der Waals surface area contributed by atoms with Crippen LogP contribution in [-0.4, -0.2) is 40.8 Å². The second-order valence-corrected chi connectivity index (χ2v) is 7.13. The van der Waals surface area contributed by atoms with E-state index in [9.17, 15) is 15.2 Å². The summed E-state index contributed by atoms with van der Waals surface area (Å²) in [7, 11) is 2.83.